The van der Waals surface area contributed by atoms with Crippen LogP contribution in [0, 0.1) is 5.92 Å². The minimum Gasteiger partial charge on any atom is -0.390 e. The number of rotatable bonds is 1. The van der Waals surface area contributed by atoms with Gasteiger partial charge in [0, 0.05) is 10.6 Å². The van der Waals surface area contributed by atoms with Crippen molar-refractivity contribution in [2.45, 2.75) is 32.8 Å². The maximum Gasteiger partial charge on any atom is 0.194 e. The van der Waals surface area contributed by atoms with E-state index in [2.05, 4.69) is 16.3 Å². The SMILES string of the molecule is CC1CCc2c(sc3ncc(CO)n23)C1. The maximum absolute atomic E-state index is 9.24. The molecule has 1 atom stereocenters. The molecule has 0 aliphatic heterocycles. The fraction of sp³-hybridized carbons (Fsp3) is 0.545. The Labute approximate surface area is 92.4 Å². The quantitative estimate of drug-likeness (QED) is 0.801. The minimum absolute atomic E-state index is 0.0832. The lowest BCUT2D eigenvalue weighted by atomic mass is 9.93. The van der Waals surface area contributed by atoms with Crippen LogP contribution in [0.25, 0.3) is 4.96 Å². The smallest absolute Gasteiger partial charge is 0.194 e. The van der Waals surface area contributed by atoms with Crippen LogP contribution in [0.5, 0.6) is 0 Å². The molecule has 0 saturated heterocycles. The number of hydrogen-bond donors (Lipinski definition) is 1. The molecule has 80 valence electrons. The molecule has 3 rings (SSSR count). The summed E-state index contributed by atoms with van der Waals surface area (Å²) in [6, 6.07) is 0. The monoisotopic (exact) mass is 222 g/mol. The molecule has 0 amide bonds. The Balaban J connectivity index is 2.21. The van der Waals surface area contributed by atoms with Crippen LogP contribution in [-0.4, -0.2) is 14.5 Å². The maximum atomic E-state index is 9.24. The molecule has 0 spiro atoms. The number of thiazole rings is 1. The molecule has 0 aromatic carbocycles. The first-order valence-corrected chi connectivity index (χ1v) is 6.19. The molecule has 1 N–H and O–H groups in total. The van der Waals surface area contributed by atoms with Gasteiger partial charge in [0.25, 0.3) is 0 Å². The average Bonchev–Trinajstić information content (AvgIpc) is 2.74. The lowest BCUT2D eigenvalue weighted by Crippen LogP contribution is -2.11. The molecular weight excluding hydrogens is 208 g/mol. The van der Waals surface area contributed by atoms with Crippen molar-refractivity contribution >= 4 is 16.3 Å². The third kappa shape index (κ3) is 1.32. The molecular formula is C11H14N2OS. The molecule has 4 heteroatoms. The predicted molar refractivity (Wildman–Crippen MR) is 60.2 cm³/mol. The van der Waals surface area contributed by atoms with E-state index in [1.165, 1.54) is 23.4 Å². The minimum atomic E-state index is 0.0832. The van der Waals surface area contributed by atoms with E-state index in [9.17, 15) is 5.11 Å². The van der Waals surface area contributed by atoms with Crippen molar-refractivity contribution in [1.29, 1.82) is 0 Å². The molecule has 1 aliphatic rings. The van der Waals surface area contributed by atoms with Crippen molar-refractivity contribution in [2.24, 2.45) is 5.92 Å². The third-order valence-electron chi connectivity index (χ3n) is 3.18. The first kappa shape index (κ1) is 9.36. The number of fused-ring (bicyclic) bond motifs is 3. The second kappa shape index (κ2) is 3.32. The number of hydrogen-bond acceptors (Lipinski definition) is 3. The Morgan fingerprint density at radius 1 is 1.67 bits per heavy atom. The standard InChI is InChI=1S/C11H14N2OS/c1-7-2-3-9-10(4-7)15-11-12-5-8(6-14)13(9)11/h5,7,14H,2-4,6H2,1H3. The van der Waals surface area contributed by atoms with Crippen molar-refractivity contribution in [2.75, 3.05) is 0 Å². The summed E-state index contributed by atoms with van der Waals surface area (Å²) in [6.07, 6.45) is 5.33. The van der Waals surface area contributed by atoms with E-state index in [-0.39, 0.29) is 6.61 Å². The number of aryl methyl sites for hydroxylation is 1. The Hall–Kier alpha value is -0.870. The molecule has 1 unspecified atom stereocenters. The van der Waals surface area contributed by atoms with Crippen LogP contribution < -0.4 is 0 Å². The molecule has 0 radical (unpaired) electrons. The normalized spacial score (nSPS) is 20.8. The van der Waals surface area contributed by atoms with Gasteiger partial charge in [0.2, 0.25) is 0 Å². The summed E-state index contributed by atoms with van der Waals surface area (Å²) in [5.41, 5.74) is 2.31. The van der Waals surface area contributed by atoms with Gasteiger partial charge in [0.1, 0.15) is 0 Å². The van der Waals surface area contributed by atoms with E-state index >= 15 is 0 Å². The topological polar surface area (TPSA) is 37.5 Å². The number of aromatic nitrogens is 2. The highest BCUT2D eigenvalue weighted by Crippen LogP contribution is 2.32. The second-order valence-electron chi connectivity index (χ2n) is 4.35. The summed E-state index contributed by atoms with van der Waals surface area (Å²) >= 11 is 1.78. The van der Waals surface area contributed by atoms with Gasteiger partial charge in [0.05, 0.1) is 18.5 Å². The van der Waals surface area contributed by atoms with Crippen molar-refractivity contribution in [3.05, 3.63) is 22.5 Å². The van der Waals surface area contributed by atoms with Crippen molar-refractivity contribution in [1.82, 2.24) is 9.38 Å². The van der Waals surface area contributed by atoms with E-state index in [1.807, 2.05) is 0 Å². The lowest BCUT2D eigenvalue weighted by molar-refractivity contribution is 0.275. The molecule has 1 aliphatic carbocycles. The Kier molecular flexibility index (Phi) is 2.07. The molecule has 2 aromatic rings. The molecule has 15 heavy (non-hydrogen) atoms. The van der Waals surface area contributed by atoms with Crippen LogP contribution >= 0.6 is 11.3 Å². The summed E-state index contributed by atoms with van der Waals surface area (Å²) in [5, 5.41) is 9.24. The van der Waals surface area contributed by atoms with Crippen LogP contribution in [0.2, 0.25) is 0 Å². The van der Waals surface area contributed by atoms with Gasteiger partial charge in [-0.05, 0) is 25.2 Å². The molecule has 0 saturated carbocycles. The lowest BCUT2D eigenvalue weighted by Gasteiger charge is -2.17. The van der Waals surface area contributed by atoms with Crippen LogP contribution in [0.15, 0.2) is 6.20 Å². The molecule has 0 fully saturated rings. The average molecular weight is 222 g/mol. The number of nitrogens with zero attached hydrogens (tertiary/aromatic N) is 2. The van der Waals surface area contributed by atoms with Crippen LogP contribution in [0.3, 0.4) is 0 Å². The van der Waals surface area contributed by atoms with Gasteiger partial charge in [-0.15, -0.1) is 11.3 Å². The highest BCUT2D eigenvalue weighted by Gasteiger charge is 2.22. The van der Waals surface area contributed by atoms with E-state index in [4.69, 9.17) is 0 Å². The molecule has 2 heterocycles. The zero-order chi connectivity index (χ0) is 10.4. The van der Waals surface area contributed by atoms with Gasteiger partial charge >= 0.3 is 0 Å². The van der Waals surface area contributed by atoms with Gasteiger partial charge in [-0.1, -0.05) is 6.92 Å². The van der Waals surface area contributed by atoms with Gasteiger partial charge in [0.15, 0.2) is 4.96 Å². The summed E-state index contributed by atoms with van der Waals surface area (Å²) in [4.78, 5) is 6.85. The first-order valence-electron chi connectivity index (χ1n) is 5.37. The van der Waals surface area contributed by atoms with E-state index in [1.54, 1.807) is 17.5 Å². The van der Waals surface area contributed by atoms with Crippen LogP contribution in [0.4, 0.5) is 0 Å². The highest BCUT2D eigenvalue weighted by molar-refractivity contribution is 7.17. The Morgan fingerprint density at radius 2 is 2.53 bits per heavy atom. The fourth-order valence-corrected chi connectivity index (χ4v) is 3.67. The zero-order valence-corrected chi connectivity index (χ0v) is 9.55. The zero-order valence-electron chi connectivity index (χ0n) is 8.73. The number of aliphatic hydroxyl groups is 1. The Morgan fingerprint density at radius 3 is 3.33 bits per heavy atom. The van der Waals surface area contributed by atoms with Crippen LogP contribution in [-0.2, 0) is 19.4 Å². The van der Waals surface area contributed by atoms with Crippen LogP contribution in [0.1, 0.15) is 29.6 Å². The van der Waals surface area contributed by atoms with Crippen molar-refractivity contribution < 1.29 is 5.11 Å². The largest absolute Gasteiger partial charge is 0.390 e. The summed E-state index contributed by atoms with van der Waals surface area (Å²) in [6.45, 7) is 2.39. The number of aliphatic hydroxyl groups excluding tert-OH is 1. The molecule has 0 bridgehead atoms. The van der Waals surface area contributed by atoms with Gasteiger partial charge < -0.3 is 5.11 Å². The van der Waals surface area contributed by atoms with Gasteiger partial charge in [-0.3, -0.25) is 4.40 Å². The van der Waals surface area contributed by atoms with Gasteiger partial charge in [-0.2, -0.15) is 0 Å². The van der Waals surface area contributed by atoms with Crippen molar-refractivity contribution in [3.63, 3.8) is 0 Å². The van der Waals surface area contributed by atoms with E-state index in [0.29, 0.717) is 0 Å². The van der Waals surface area contributed by atoms with E-state index in [0.717, 1.165) is 23.0 Å². The fourth-order valence-electron chi connectivity index (χ4n) is 2.35. The third-order valence-corrected chi connectivity index (χ3v) is 4.30. The number of imidazole rings is 1. The molecule has 2 aromatic heterocycles. The Bertz CT molecular complexity index is 500. The highest BCUT2D eigenvalue weighted by atomic mass is 32.1. The van der Waals surface area contributed by atoms with E-state index < -0.39 is 0 Å². The summed E-state index contributed by atoms with van der Waals surface area (Å²) in [7, 11) is 0. The predicted octanol–water partition coefficient (Wildman–Crippen LogP) is 2.01. The second-order valence-corrected chi connectivity index (χ2v) is 5.41. The summed E-state index contributed by atoms with van der Waals surface area (Å²) in [5.74, 6) is 0.790. The summed E-state index contributed by atoms with van der Waals surface area (Å²) < 4.78 is 2.14. The molecule has 3 nitrogen and oxygen atoms in total. The van der Waals surface area contributed by atoms with Crippen molar-refractivity contribution in [3.8, 4) is 0 Å². The van der Waals surface area contributed by atoms with Gasteiger partial charge in [-0.25, -0.2) is 4.98 Å². The first-order chi connectivity index (χ1) is 7.29.